The molecule has 0 aliphatic rings. The molecule has 0 saturated heterocycles. The summed E-state index contributed by atoms with van der Waals surface area (Å²) in [5, 5.41) is 5.11. The normalized spacial score (nSPS) is 10.8. The number of rotatable bonds is 7. The summed E-state index contributed by atoms with van der Waals surface area (Å²) >= 11 is 1.35. The number of nitrogens with one attached hydrogen (secondary N) is 2. The molecule has 0 radical (unpaired) electrons. The van der Waals surface area contributed by atoms with Crippen molar-refractivity contribution in [1.29, 1.82) is 0 Å². The van der Waals surface area contributed by atoms with Crippen LogP contribution in [0.15, 0.2) is 58.2 Å². The van der Waals surface area contributed by atoms with Crippen LogP contribution >= 0.6 is 11.8 Å². The van der Waals surface area contributed by atoms with Crippen molar-refractivity contribution in [3.05, 3.63) is 59.7 Å². The van der Waals surface area contributed by atoms with Crippen LogP contribution in [0.2, 0.25) is 0 Å². The fourth-order valence-electron chi connectivity index (χ4n) is 2.57. The monoisotopic (exact) mass is 427 g/mol. The minimum Gasteiger partial charge on any atom is -0.452 e. The van der Waals surface area contributed by atoms with Gasteiger partial charge in [-0.25, -0.2) is 14.6 Å². The summed E-state index contributed by atoms with van der Waals surface area (Å²) in [7, 11) is 0. The molecular weight excluding hydrogens is 406 g/mol. The molecule has 0 aliphatic heterocycles. The molecule has 156 valence electrons. The van der Waals surface area contributed by atoms with Gasteiger partial charge in [0.1, 0.15) is 5.52 Å². The van der Waals surface area contributed by atoms with Crippen LogP contribution in [0, 0.1) is 0 Å². The number of hydrogen-bond acceptors (Lipinski definition) is 7. The van der Waals surface area contributed by atoms with E-state index in [1.807, 2.05) is 30.3 Å². The third kappa shape index (κ3) is 5.84. The molecule has 3 amide bonds. The molecule has 0 fully saturated rings. The van der Waals surface area contributed by atoms with Crippen molar-refractivity contribution in [2.75, 3.05) is 6.61 Å². The predicted octanol–water partition coefficient (Wildman–Crippen LogP) is 3.51. The summed E-state index contributed by atoms with van der Waals surface area (Å²) in [5.41, 5.74) is 2.51. The highest BCUT2D eigenvalue weighted by Crippen LogP contribution is 2.27. The lowest BCUT2D eigenvalue weighted by molar-refractivity contribution is -0.123. The van der Waals surface area contributed by atoms with Crippen LogP contribution in [0.5, 0.6) is 0 Å². The van der Waals surface area contributed by atoms with Crippen LogP contribution in [-0.2, 0) is 15.3 Å². The fourth-order valence-corrected chi connectivity index (χ4v) is 3.41. The van der Waals surface area contributed by atoms with E-state index in [1.165, 1.54) is 11.8 Å². The largest absolute Gasteiger partial charge is 0.452 e. The Morgan fingerprint density at radius 1 is 1.10 bits per heavy atom. The van der Waals surface area contributed by atoms with E-state index < -0.39 is 24.5 Å². The number of aromatic nitrogens is 1. The van der Waals surface area contributed by atoms with E-state index in [4.69, 9.17) is 9.15 Å². The molecule has 0 bridgehead atoms. The van der Waals surface area contributed by atoms with Gasteiger partial charge in [0.2, 0.25) is 0 Å². The van der Waals surface area contributed by atoms with Gasteiger partial charge in [0.05, 0.1) is 5.56 Å². The van der Waals surface area contributed by atoms with Gasteiger partial charge in [0.15, 0.2) is 12.2 Å². The van der Waals surface area contributed by atoms with E-state index in [1.54, 1.807) is 32.0 Å². The summed E-state index contributed by atoms with van der Waals surface area (Å²) in [6.45, 7) is 2.97. The summed E-state index contributed by atoms with van der Waals surface area (Å²) < 4.78 is 10.7. The van der Waals surface area contributed by atoms with Crippen LogP contribution in [0.4, 0.5) is 4.79 Å². The molecule has 3 rings (SSSR count). The number of ether oxygens (including phenoxy) is 1. The van der Waals surface area contributed by atoms with Crippen LogP contribution in [0.1, 0.15) is 29.8 Å². The van der Waals surface area contributed by atoms with Gasteiger partial charge in [-0.2, -0.15) is 0 Å². The first-order valence-electron chi connectivity index (χ1n) is 9.26. The Labute approximate surface area is 177 Å². The highest BCUT2D eigenvalue weighted by molar-refractivity contribution is 7.98. The van der Waals surface area contributed by atoms with Crippen molar-refractivity contribution in [2.45, 2.75) is 30.9 Å². The third-order valence-electron chi connectivity index (χ3n) is 3.87. The molecule has 3 aromatic rings. The Morgan fingerprint density at radius 2 is 1.83 bits per heavy atom. The number of fused-ring (bicyclic) bond motifs is 1. The number of esters is 1. The van der Waals surface area contributed by atoms with Crippen molar-refractivity contribution in [1.82, 2.24) is 15.6 Å². The van der Waals surface area contributed by atoms with Gasteiger partial charge in [-0.05, 0) is 37.6 Å². The standard InChI is InChI=1S/C21H21N3O5S/c1-13(2)22-20(27)24-18(25)11-28-19(26)15-8-4-3-7-14(15)12-30-21-23-16-9-5-6-10-17(16)29-21/h3-10,13H,11-12H2,1-2H3,(H2,22,24,25,27). The van der Waals surface area contributed by atoms with Crippen LogP contribution in [-0.4, -0.2) is 35.5 Å². The first-order valence-corrected chi connectivity index (χ1v) is 10.2. The molecular formula is C21H21N3O5S. The molecule has 2 N–H and O–H groups in total. The molecule has 0 atom stereocenters. The van der Waals surface area contributed by atoms with Gasteiger partial charge in [0.25, 0.3) is 11.1 Å². The Kier molecular flexibility index (Phi) is 7.08. The third-order valence-corrected chi connectivity index (χ3v) is 4.75. The van der Waals surface area contributed by atoms with Gasteiger partial charge < -0.3 is 14.5 Å². The first-order chi connectivity index (χ1) is 14.4. The van der Waals surface area contributed by atoms with Crippen molar-refractivity contribution in [3.63, 3.8) is 0 Å². The van der Waals surface area contributed by atoms with Gasteiger partial charge in [-0.15, -0.1) is 0 Å². The molecule has 9 heteroatoms. The number of carbonyl (C=O) groups is 3. The maximum Gasteiger partial charge on any atom is 0.338 e. The quantitative estimate of drug-likeness (QED) is 0.438. The average molecular weight is 427 g/mol. The van der Waals surface area contributed by atoms with E-state index in [9.17, 15) is 14.4 Å². The zero-order valence-corrected chi connectivity index (χ0v) is 17.3. The smallest absolute Gasteiger partial charge is 0.338 e. The molecule has 0 spiro atoms. The summed E-state index contributed by atoms with van der Waals surface area (Å²) in [6, 6.07) is 13.6. The minimum absolute atomic E-state index is 0.119. The fraction of sp³-hybridized carbons (Fsp3) is 0.238. The molecule has 1 heterocycles. The lowest BCUT2D eigenvalue weighted by Gasteiger charge is -2.10. The highest BCUT2D eigenvalue weighted by atomic mass is 32.2. The maximum atomic E-state index is 12.4. The summed E-state index contributed by atoms with van der Waals surface area (Å²) in [5.74, 6) is -0.927. The Hall–Kier alpha value is -3.33. The number of urea groups is 1. The number of amides is 3. The van der Waals surface area contributed by atoms with Crippen LogP contribution in [0.3, 0.4) is 0 Å². The van der Waals surface area contributed by atoms with Crippen molar-refractivity contribution < 1.29 is 23.5 Å². The van der Waals surface area contributed by atoms with E-state index in [0.717, 1.165) is 5.52 Å². The molecule has 0 unspecified atom stereocenters. The minimum atomic E-state index is -0.708. The number of para-hydroxylation sites is 2. The molecule has 0 saturated carbocycles. The number of imide groups is 1. The lowest BCUT2D eigenvalue weighted by Crippen LogP contribution is -2.44. The number of thioether (sulfide) groups is 1. The molecule has 0 aliphatic carbocycles. The maximum absolute atomic E-state index is 12.4. The lowest BCUT2D eigenvalue weighted by atomic mass is 10.1. The van der Waals surface area contributed by atoms with E-state index in [2.05, 4.69) is 15.6 Å². The van der Waals surface area contributed by atoms with Gasteiger partial charge in [0, 0.05) is 11.8 Å². The topological polar surface area (TPSA) is 111 Å². The molecule has 8 nitrogen and oxygen atoms in total. The first kappa shape index (κ1) is 21.4. The number of nitrogens with zero attached hydrogens (tertiary/aromatic N) is 1. The average Bonchev–Trinajstić information content (AvgIpc) is 3.13. The Balaban J connectivity index is 1.58. The van der Waals surface area contributed by atoms with Crippen molar-refractivity contribution in [2.24, 2.45) is 0 Å². The summed E-state index contributed by atoms with van der Waals surface area (Å²) in [6.07, 6.45) is 0. The zero-order chi connectivity index (χ0) is 21.5. The number of carbonyl (C=O) groups excluding carboxylic acids is 3. The highest BCUT2D eigenvalue weighted by Gasteiger charge is 2.16. The molecule has 30 heavy (non-hydrogen) atoms. The Morgan fingerprint density at radius 3 is 2.60 bits per heavy atom. The van der Waals surface area contributed by atoms with Gasteiger partial charge >= 0.3 is 12.0 Å². The number of hydrogen-bond donors (Lipinski definition) is 2. The van der Waals surface area contributed by atoms with Crippen molar-refractivity contribution in [3.8, 4) is 0 Å². The number of benzene rings is 2. The van der Waals surface area contributed by atoms with E-state index in [0.29, 0.717) is 27.7 Å². The molecule has 2 aromatic carbocycles. The number of oxazole rings is 1. The van der Waals surface area contributed by atoms with Gasteiger partial charge in [-0.3, -0.25) is 10.1 Å². The summed E-state index contributed by atoms with van der Waals surface area (Å²) in [4.78, 5) is 40.1. The van der Waals surface area contributed by atoms with Gasteiger partial charge in [-0.1, -0.05) is 42.1 Å². The molecule has 1 aromatic heterocycles. The second kappa shape index (κ2) is 9.93. The van der Waals surface area contributed by atoms with Crippen LogP contribution in [0.25, 0.3) is 11.1 Å². The second-order valence-corrected chi connectivity index (χ2v) is 7.57. The second-order valence-electron chi connectivity index (χ2n) is 6.65. The zero-order valence-electron chi connectivity index (χ0n) is 16.5. The van der Waals surface area contributed by atoms with Crippen LogP contribution < -0.4 is 10.6 Å². The van der Waals surface area contributed by atoms with Crippen molar-refractivity contribution >= 4 is 40.8 Å². The SMILES string of the molecule is CC(C)NC(=O)NC(=O)COC(=O)c1ccccc1CSc1nc2ccccc2o1. The predicted molar refractivity (Wildman–Crippen MR) is 112 cm³/mol. The van der Waals surface area contributed by atoms with E-state index in [-0.39, 0.29) is 6.04 Å². The Bertz CT molecular complexity index is 1030. The van der Waals surface area contributed by atoms with E-state index >= 15 is 0 Å².